The van der Waals surface area contributed by atoms with Crippen LogP contribution in [0.2, 0.25) is 0 Å². The van der Waals surface area contributed by atoms with Crippen molar-refractivity contribution >= 4 is 27.4 Å². The summed E-state index contributed by atoms with van der Waals surface area (Å²) in [5.74, 6) is -0.773. The molecule has 1 aromatic heterocycles. The van der Waals surface area contributed by atoms with Crippen molar-refractivity contribution in [3.05, 3.63) is 48.2 Å². The van der Waals surface area contributed by atoms with Crippen molar-refractivity contribution in [1.82, 2.24) is 4.98 Å². The van der Waals surface area contributed by atoms with Gasteiger partial charge in [-0.05, 0) is 49.2 Å². The van der Waals surface area contributed by atoms with Crippen molar-refractivity contribution < 1.29 is 26.4 Å². The van der Waals surface area contributed by atoms with E-state index in [0.717, 1.165) is 6.07 Å². The zero-order valence-electron chi connectivity index (χ0n) is 15.2. The Kier molecular flexibility index (Phi) is 5.80. The van der Waals surface area contributed by atoms with Crippen LogP contribution in [0.1, 0.15) is 18.4 Å². The number of benzene rings is 1. The Morgan fingerprint density at radius 1 is 1.14 bits per heavy atom. The number of piperidine rings is 1. The highest BCUT2D eigenvalue weighted by atomic mass is 32.2. The van der Waals surface area contributed by atoms with Gasteiger partial charge in [-0.1, -0.05) is 0 Å². The molecular formula is C18H19F3N4O3S. The lowest BCUT2D eigenvalue weighted by atomic mass is 9.95. The number of rotatable bonds is 4. The summed E-state index contributed by atoms with van der Waals surface area (Å²) in [6.45, 7) is 0.533. The highest BCUT2D eigenvalue weighted by molar-refractivity contribution is 7.89. The predicted octanol–water partition coefficient (Wildman–Crippen LogP) is 2.60. The third kappa shape index (κ3) is 5.04. The molecule has 1 amide bonds. The first-order valence-corrected chi connectivity index (χ1v) is 10.3. The van der Waals surface area contributed by atoms with Crippen LogP contribution in [0.5, 0.6) is 0 Å². The molecule has 0 saturated carbocycles. The van der Waals surface area contributed by atoms with Gasteiger partial charge in [-0.25, -0.2) is 18.5 Å². The molecule has 0 bridgehead atoms. The molecule has 156 valence electrons. The summed E-state index contributed by atoms with van der Waals surface area (Å²) in [4.78, 5) is 17.8. The highest BCUT2D eigenvalue weighted by Gasteiger charge is 2.36. The van der Waals surface area contributed by atoms with Crippen LogP contribution in [0.15, 0.2) is 47.5 Å². The molecule has 0 unspecified atom stereocenters. The Bertz CT molecular complexity index is 986. The molecule has 1 fully saturated rings. The summed E-state index contributed by atoms with van der Waals surface area (Å²) in [6.07, 6.45) is -2.44. The molecule has 1 aromatic carbocycles. The molecule has 2 heterocycles. The summed E-state index contributed by atoms with van der Waals surface area (Å²) in [6, 6.07) is 7.66. The third-order valence-electron chi connectivity index (χ3n) is 4.71. The Morgan fingerprint density at radius 3 is 2.31 bits per heavy atom. The van der Waals surface area contributed by atoms with Crippen molar-refractivity contribution in [3.8, 4) is 0 Å². The number of carbonyl (C=O) groups excluding carboxylic acids is 1. The summed E-state index contributed by atoms with van der Waals surface area (Å²) >= 11 is 0. The number of nitrogens with two attached hydrogens (primary N) is 1. The smallest absolute Gasteiger partial charge is 0.356 e. The average molecular weight is 428 g/mol. The van der Waals surface area contributed by atoms with Crippen molar-refractivity contribution in [2.24, 2.45) is 11.1 Å². The third-order valence-corrected chi connectivity index (χ3v) is 5.64. The van der Waals surface area contributed by atoms with E-state index in [9.17, 15) is 26.4 Å². The van der Waals surface area contributed by atoms with Crippen molar-refractivity contribution in [2.75, 3.05) is 23.3 Å². The van der Waals surface area contributed by atoms with E-state index in [4.69, 9.17) is 5.14 Å². The number of amides is 1. The summed E-state index contributed by atoms with van der Waals surface area (Å²) in [5.41, 5.74) is -0.383. The van der Waals surface area contributed by atoms with Crippen molar-refractivity contribution in [2.45, 2.75) is 23.9 Å². The van der Waals surface area contributed by atoms with Crippen LogP contribution in [-0.2, 0) is 21.0 Å². The fraction of sp³-hybridized carbons (Fsp3) is 0.333. The van der Waals surface area contributed by atoms with Gasteiger partial charge in [-0.15, -0.1) is 0 Å². The number of primary sulfonamides is 1. The number of pyridine rings is 1. The Labute approximate surface area is 165 Å². The molecule has 0 radical (unpaired) electrons. The summed E-state index contributed by atoms with van der Waals surface area (Å²) in [5, 5.41) is 7.72. The Hall–Kier alpha value is -2.66. The van der Waals surface area contributed by atoms with E-state index in [1.54, 1.807) is 0 Å². The maximum atomic E-state index is 13.2. The molecule has 0 spiro atoms. The largest absolute Gasteiger partial charge is 0.419 e. The van der Waals surface area contributed by atoms with Gasteiger partial charge in [-0.2, -0.15) is 13.2 Å². The van der Waals surface area contributed by atoms with Gasteiger partial charge < -0.3 is 10.2 Å². The molecule has 2 aromatic rings. The van der Waals surface area contributed by atoms with E-state index in [-0.39, 0.29) is 35.6 Å². The second kappa shape index (κ2) is 7.99. The summed E-state index contributed by atoms with van der Waals surface area (Å²) in [7, 11) is -3.82. The lowest BCUT2D eigenvalue weighted by molar-refractivity contribution is -0.137. The van der Waals surface area contributed by atoms with Gasteiger partial charge in [0.1, 0.15) is 5.82 Å². The molecular weight excluding hydrogens is 409 g/mol. The number of alkyl halides is 3. The Balaban J connectivity index is 1.62. The predicted molar refractivity (Wildman–Crippen MR) is 101 cm³/mol. The second-order valence-corrected chi connectivity index (χ2v) is 8.25. The number of carbonyl (C=O) groups is 1. The maximum Gasteiger partial charge on any atom is 0.419 e. The molecule has 29 heavy (non-hydrogen) atoms. The number of sulfonamides is 1. The average Bonchev–Trinajstić information content (AvgIpc) is 2.67. The SMILES string of the molecule is NS(=O)(=O)c1ccc(NC(=O)C2CCN(c3ncccc3C(F)(F)F)CC2)cc1. The minimum absolute atomic E-state index is 0.0698. The monoisotopic (exact) mass is 428 g/mol. The molecule has 0 atom stereocenters. The standard InChI is InChI=1S/C18H19F3N4O3S/c19-18(20,21)15-2-1-9-23-16(15)25-10-7-12(8-11-25)17(26)24-13-3-5-14(6-4-13)29(22,27)28/h1-6,9,12H,7-8,10-11H2,(H,24,26)(H2,22,27,28). The first kappa shape index (κ1) is 21.1. The van der Waals surface area contributed by atoms with Crippen LogP contribution in [0.4, 0.5) is 24.7 Å². The van der Waals surface area contributed by atoms with E-state index in [0.29, 0.717) is 18.5 Å². The van der Waals surface area contributed by atoms with Crippen LogP contribution < -0.4 is 15.4 Å². The van der Waals surface area contributed by atoms with Crippen LogP contribution in [-0.4, -0.2) is 32.4 Å². The highest BCUT2D eigenvalue weighted by Crippen LogP contribution is 2.36. The number of hydrogen-bond donors (Lipinski definition) is 2. The molecule has 3 N–H and O–H groups in total. The first-order valence-electron chi connectivity index (χ1n) is 8.76. The van der Waals surface area contributed by atoms with E-state index in [1.165, 1.54) is 41.4 Å². The van der Waals surface area contributed by atoms with Crippen molar-refractivity contribution in [3.63, 3.8) is 0 Å². The topological polar surface area (TPSA) is 105 Å². The van der Waals surface area contributed by atoms with Gasteiger partial charge in [0.15, 0.2) is 0 Å². The Morgan fingerprint density at radius 2 is 1.76 bits per heavy atom. The number of nitrogens with zero attached hydrogens (tertiary/aromatic N) is 2. The van der Waals surface area contributed by atoms with Crippen LogP contribution in [0, 0.1) is 5.92 Å². The van der Waals surface area contributed by atoms with Gasteiger partial charge >= 0.3 is 6.18 Å². The first-order chi connectivity index (χ1) is 13.6. The van der Waals surface area contributed by atoms with Gasteiger partial charge in [0, 0.05) is 30.9 Å². The number of anilines is 2. The quantitative estimate of drug-likeness (QED) is 0.779. The fourth-order valence-electron chi connectivity index (χ4n) is 3.20. The lowest BCUT2D eigenvalue weighted by Gasteiger charge is -2.33. The van der Waals surface area contributed by atoms with Crippen molar-refractivity contribution in [1.29, 1.82) is 0 Å². The molecule has 1 saturated heterocycles. The van der Waals surface area contributed by atoms with Crippen LogP contribution in [0.3, 0.4) is 0 Å². The van der Waals surface area contributed by atoms with E-state index in [2.05, 4.69) is 10.3 Å². The molecule has 1 aliphatic rings. The minimum Gasteiger partial charge on any atom is -0.356 e. The van der Waals surface area contributed by atoms with Crippen LogP contribution in [0.25, 0.3) is 0 Å². The molecule has 3 rings (SSSR count). The van der Waals surface area contributed by atoms with Gasteiger partial charge in [0.25, 0.3) is 0 Å². The van der Waals surface area contributed by atoms with E-state index >= 15 is 0 Å². The number of hydrogen-bond acceptors (Lipinski definition) is 5. The van der Waals surface area contributed by atoms with Gasteiger partial charge in [-0.3, -0.25) is 4.79 Å². The number of halogens is 3. The molecule has 0 aliphatic carbocycles. The van der Waals surface area contributed by atoms with E-state index < -0.39 is 21.8 Å². The fourth-order valence-corrected chi connectivity index (χ4v) is 3.71. The molecule has 1 aliphatic heterocycles. The zero-order chi connectivity index (χ0) is 21.2. The lowest BCUT2D eigenvalue weighted by Crippen LogP contribution is -2.39. The molecule has 7 nitrogen and oxygen atoms in total. The van der Waals surface area contributed by atoms with Gasteiger partial charge in [0.2, 0.25) is 15.9 Å². The summed E-state index contributed by atoms with van der Waals surface area (Å²) < 4.78 is 62.0. The number of aromatic nitrogens is 1. The van der Waals surface area contributed by atoms with Gasteiger partial charge in [0.05, 0.1) is 10.5 Å². The maximum absolute atomic E-state index is 13.2. The number of nitrogens with one attached hydrogen (secondary N) is 1. The normalized spacial score (nSPS) is 15.9. The molecule has 11 heteroatoms. The second-order valence-electron chi connectivity index (χ2n) is 6.69. The van der Waals surface area contributed by atoms with Crippen LogP contribution >= 0.6 is 0 Å². The minimum atomic E-state index is -4.50. The zero-order valence-corrected chi connectivity index (χ0v) is 16.0. The van der Waals surface area contributed by atoms with E-state index in [1.807, 2.05) is 0 Å².